The van der Waals surface area contributed by atoms with Gasteiger partial charge in [-0.15, -0.1) is 13.2 Å². The van der Waals surface area contributed by atoms with Gasteiger partial charge in [0, 0.05) is 55.6 Å². The van der Waals surface area contributed by atoms with Crippen molar-refractivity contribution in [2.75, 3.05) is 44.7 Å². The number of carbonyl (C=O) groups excluding carboxylic acids is 1. The zero-order valence-electron chi connectivity index (χ0n) is 20.8. The molecular weight excluding hydrogens is 503 g/mol. The minimum absolute atomic E-state index is 0.00752. The van der Waals surface area contributed by atoms with E-state index in [-0.39, 0.29) is 36.8 Å². The molecule has 2 aliphatic rings. The number of rotatable bonds is 7. The van der Waals surface area contributed by atoms with Crippen LogP contribution >= 0.6 is 0 Å². The summed E-state index contributed by atoms with van der Waals surface area (Å²) in [5, 5.41) is 13.8. The first kappa shape index (κ1) is 25.9. The average molecular weight is 532 g/mol. The normalized spacial score (nSPS) is 15.8. The molecule has 0 atom stereocenters. The van der Waals surface area contributed by atoms with E-state index in [1.54, 1.807) is 18.3 Å². The van der Waals surface area contributed by atoms with Crippen LogP contribution in [0.2, 0.25) is 0 Å². The monoisotopic (exact) mass is 531 g/mol. The van der Waals surface area contributed by atoms with Gasteiger partial charge in [-0.1, -0.05) is 0 Å². The van der Waals surface area contributed by atoms with Crippen LogP contribution in [0.3, 0.4) is 0 Å². The van der Waals surface area contributed by atoms with Crippen molar-refractivity contribution in [3.05, 3.63) is 52.6 Å². The van der Waals surface area contributed by atoms with E-state index >= 15 is 0 Å². The van der Waals surface area contributed by atoms with Gasteiger partial charge in [0.25, 0.3) is 5.91 Å². The van der Waals surface area contributed by atoms with Gasteiger partial charge in [-0.3, -0.25) is 9.48 Å². The Morgan fingerprint density at radius 2 is 1.95 bits per heavy atom. The number of amides is 1. The van der Waals surface area contributed by atoms with Gasteiger partial charge in [-0.2, -0.15) is 5.10 Å². The molecule has 1 aliphatic carbocycles. The summed E-state index contributed by atoms with van der Waals surface area (Å²) in [5.74, 6) is -0.694. The Kier molecular flexibility index (Phi) is 6.97. The number of hydrogen-bond acceptors (Lipinski definition) is 8. The summed E-state index contributed by atoms with van der Waals surface area (Å²) >= 11 is 0. The summed E-state index contributed by atoms with van der Waals surface area (Å²) in [6.45, 7) is 3.12. The maximum atomic E-state index is 13.2. The van der Waals surface area contributed by atoms with Gasteiger partial charge >= 0.3 is 6.36 Å². The molecule has 3 aromatic rings. The minimum Gasteiger partial charge on any atom is -0.405 e. The van der Waals surface area contributed by atoms with Crippen molar-refractivity contribution in [3.63, 3.8) is 0 Å². The van der Waals surface area contributed by atoms with E-state index in [4.69, 9.17) is 10.7 Å². The van der Waals surface area contributed by atoms with Crippen LogP contribution in [0.15, 0.2) is 24.4 Å². The second kappa shape index (κ2) is 10.2. The molecule has 3 N–H and O–H groups in total. The van der Waals surface area contributed by atoms with Gasteiger partial charge in [-0.05, 0) is 43.7 Å². The molecule has 1 aliphatic heterocycles. The van der Waals surface area contributed by atoms with Crippen molar-refractivity contribution < 1.29 is 27.8 Å². The predicted octanol–water partition coefficient (Wildman–Crippen LogP) is 1.77. The van der Waals surface area contributed by atoms with Gasteiger partial charge in [0.2, 0.25) is 0 Å². The van der Waals surface area contributed by atoms with Crippen LogP contribution in [0.1, 0.15) is 33.0 Å². The Bertz CT molecular complexity index is 1350. The maximum Gasteiger partial charge on any atom is 0.573 e. The van der Waals surface area contributed by atoms with Crippen molar-refractivity contribution in [2.24, 2.45) is 5.73 Å². The number of primary amides is 1. The summed E-state index contributed by atoms with van der Waals surface area (Å²) < 4.78 is 45.4. The fourth-order valence-electron chi connectivity index (χ4n) is 4.99. The van der Waals surface area contributed by atoms with Crippen LogP contribution in [-0.4, -0.2) is 81.9 Å². The largest absolute Gasteiger partial charge is 0.573 e. The molecule has 202 valence electrons. The van der Waals surface area contributed by atoms with Crippen molar-refractivity contribution in [3.8, 4) is 17.1 Å². The molecule has 38 heavy (non-hydrogen) atoms. The number of aliphatic hydroxyl groups excluding tert-OH is 1. The number of halogens is 3. The van der Waals surface area contributed by atoms with Crippen LogP contribution in [0.5, 0.6) is 5.75 Å². The van der Waals surface area contributed by atoms with Crippen molar-refractivity contribution in [1.82, 2.24) is 24.6 Å². The smallest absolute Gasteiger partial charge is 0.405 e. The lowest BCUT2D eigenvalue weighted by Gasteiger charge is -2.34. The third kappa shape index (κ3) is 5.29. The number of alkyl halides is 3. The van der Waals surface area contributed by atoms with Crippen molar-refractivity contribution in [1.29, 1.82) is 0 Å². The Labute approximate surface area is 216 Å². The van der Waals surface area contributed by atoms with E-state index in [0.717, 1.165) is 37.4 Å². The molecule has 1 amide bonds. The summed E-state index contributed by atoms with van der Waals surface area (Å²) in [5.41, 5.74) is 9.30. The lowest BCUT2D eigenvalue weighted by atomic mass is 9.93. The SMILES string of the molecule is CN1CCN(c2ccc(OC(F)(F)F)c(Cc3ncc4c(n3)-c3c(c(C(N)=O)nn3CCO)CC4)c2)CC1. The van der Waals surface area contributed by atoms with Gasteiger partial charge in [0.1, 0.15) is 11.6 Å². The Morgan fingerprint density at radius 1 is 1.18 bits per heavy atom. The van der Waals surface area contributed by atoms with Crippen LogP contribution in [0.25, 0.3) is 11.4 Å². The molecule has 1 aromatic carbocycles. The quantitative estimate of drug-likeness (QED) is 0.473. The van der Waals surface area contributed by atoms with E-state index in [0.29, 0.717) is 35.4 Å². The second-order valence-electron chi connectivity index (χ2n) is 9.45. The van der Waals surface area contributed by atoms with E-state index in [1.807, 2.05) is 7.05 Å². The third-order valence-electron chi connectivity index (χ3n) is 6.87. The topological polar surface area (TPSA) is 123 Å². The highest BCUT2D eigenvalue weighted by Gasteiger charge is 2.33. The molecule has 5 rings (SSSR count). The lowest BCUT2D eigenvalue weighted by Crippen LogP contribution is -2.44. The van der Waals surface area contributed by atoms with Gasteiger partial charge in [-0.25, -0.2) is 9.97 Å². The summed E-state index contributed by atoms with van der Waals surface area (Å²) in [6.07, 6.45) is -2.15. The average Bonchev–Trinajstić information content (AvgIpc) is 3.24. The molecule has 3 heterocycles. The first-order valence-corrected chi connectivity index (χ1v) is 12.3. The van der Waals surface area contributed by atoms with Crippen LogP contribution in [0, 0.1) is 0 Å². The fraction of sp³-hybridized carbons (Fsp3) is 0.440. The fourth-order valence-corrected chi connectivity index (χ4v) is 4.99. The van der Waals surface area contributed by atoms with Crippen LogP contribution in [-0.2, 0) is 25.8 Å². The molecule has 0 unspecified atom stereocenters. The molecule has 2 aromatic heterocycles. The van der Waals surface area contributed by atoms with Gasteiger partial charge < -0.3 is 25.4 Å². The highest BCUT2D eigenvalue weighted by molar-refractivity contribution is 5.94. The first-order valence-electron chi connectivity index (χ1n) is 12.3. The molecule has 0 spiro atoms. The predicted molar refractivity (Wildman–Crippen MR) is 132 cm³/mol. The van der Waals surface area contributed by atoms with E-state index < -0.39 is 12.3 Å². The summed E-state index contributed by atoms with van der Waals surface area (Å²) in [7, 11) is 2.03. The molecule has 10 nitrogen and oxygen atoms in total. The summed E-state index contributed by atoms with van der Waals surface area (Å²) in [4.78, 5) is 25.4. The van der Waals surface area contributed by atoms with E-state index in [9.17, 15) is 23.1 Å². The number of nitrogens with zero attached hydrogens (tertiary/aromatic N) is 6. The number of hydrogen-bond donors (Lipinski definition) is 2. The number of aromatic nitrogens is 4. The number of anilines is 1. The molecule has 0 radical (unpaired) electrons. The lowest BCUT2D eigenvalue weighted by molar-refractivity contribution is -0.274. The molecular formula is C25H28F3N7O3. The molecule has 1 fully saturated rings. The van der Waals surface area contributed by atoms with Gasteiger partial charge in [0.05, 0.1) is 24.5 Å². The van der Waals surface area contributed by atoms with Crippen molar-refractivity contribution >= 4 is 11.6 Å². The highest BCUT2D eigenvalue weighted by Crippen LogP contribution is 2.35. The Balaban J connectivity index is 1.52. The number of aliphatic hydroxyl groups is 1. The molecule has 0 saturated carbocycles. The zero-order valence-corrected chi connectivity index (χ0v) is 20.8. The summed E-state index contributed by atoms with van der Waals surface area (Å²) in [6, 6.07) is 4.67. The van der Waals surface area contributed by atoms with Crippen molar-refractivity contribution in [2.45, 2.75) is 32.2 Å². The standard InChI is InChI=1S/C25H28F3N7O3/c1-33-6-8-34(9-7-33)17-3-5-19(38-25(26,27)28)16(12-17)13-20-30-14-15-2-4-18-22(24(29)37)32-35(10-11-36)23(18)21(15)31-20/h3,5,12,14,36H,2,4,6-11,13H2,1H3,(H2,29,37). The number of likely N-dealkylation sites (N-methyl/N-ethyl adjacent to an activating group) is 1. The second-order valence-corrected chi connectivity index (χ2v) is 9.45. The van der Waals surface area contributed by atoms with Gasteiger partial charge in [0.15, 0.2) is 5.69 Å². The zero-order chi connectivity index (χ0) is 27.0. The minimum atomic E-state index is -4.85. The Hall–Kier alpha value is -3.71. The number of fused-ring (bicyclic) bond motifs is 3. The number of nitrogens with two attached hydrogens (primary N) is 1. The third-order valence-corrected chi connectivity index (χ3v) is 6.87. The maximum absolute atomic E-state index is 13.2. The van der Waals surface area contributed by atoms with Crippen LogP contribution in [0.4, 0.5) is 18.9 Å². The molecule has 0 bridgehead atoms. The molecule has 1 saturated heterocycles. The molecule has 13 heteroatoms. The number of aryl methyl sites for hydroxylation is 1. The number of carbonyl (C=O) groups is 1. The van der Waals surface area contributed by atoms with Crippen LogP contribution < -0.4 is 15.4 Å². The van der Waals surface area contributed by atoms with E-state index in [1.165, 1.54) is 10.7 Å². The highest BCUT2D eigenvalue weighted by atomic mass is 19.4. The number of benzene rings is 1. The number of piperazine rings is 1. The Morgan fingerprint density at radius 3 is 2.63 bits per heavy atom. The first-order chi connectivity index (χ1) is 18.1. The van der Waals surface area contributed by atoms with E-state index in [2.05, 4.69) is 24.6 Å². The number of ether oxygens (including phenoxy) is 1.